The lowest BCUT2D eigenvalue weighted by Crippen LogP contribution is -2.21. The Kier molecular flexibility index (Phi) is 4.01. The van der Waals surface area contributed by atoms with Crippen molar-refractivity contribution in [1.82, 2.24) is 4.37 Å². The molecule has 1 aliphatic heterocycles. The van der Waals surface area contributed by atoms with E-state index >= 15 is 0 Å². The lowest BCUT2D eigenvalue weighted by molar-refractivity contribution is 0.0134. The molecule has 1 fully saturated rings. The maximum absolute atomic E-state index is 5.69. The fraction of sp³-hybridized carbons (Fsp3) is 0.727. The first-order valence-electron chi connectivity index (χ1n) is 5.84. The van der Waals surface area contributed by atoms with Crippen LogP contribution in [0.5, 0.6) is 0 Å². The minimum Gasteiger partial charge on any atom is -0.383 e. The van der Waals surface area contributed by atoms with Gasteiger partial charge in [0.05, 0.1) is 6.10 Å². The largest absolute Gasteiger partial charge is 0.383 e. The number of nitrogens with two attached hydrogens (primary N) is 1. The van der Waals surface area contributed by atoms with Gasteiger partial charge in [-0.3, -0.25) is 0 Å². The predicted octanol–water partition coefficient (Wildman–Crippen LogP) is 2.40. The van der Waals surface area contributed by atoms with Crippen molar-refractivity contribution in [2.75, 3.05) is 24.2 Å². The Labute approximate surface area is 100 Å². The Hall–Kier alpha value is -0.810. The average molecular weight is 241 g/mol. The molecule has 1 saturated heterocycles. The van der Waals surface area contributed by atoms with E-state index in [1.165, 1.54) is 30.8 Å². The van der Waals surface area contributed by atoms with Crippen LogP contribution in [0.15, 0.2) is 0 Å². The molecule has 1 aliphatic rings. The van der Waals surface area contributed by atoms with Crippen LogP contribution < -0.4 is 11.1 Å². The van der Waals surface area contributed by atoms with E-state index in [2.05, 4.69) is 9.69 Å². The lowest BCUT2D eigenvalue weighted by Gasteiger charge is -2.22. The molecule has 1 aromatic heterocycles. The fourth-order valence-corrected chi connectivity index (χ4v) is 2.63. The molecule has 4 nitrogen and oxygen atoms in total. The van der Waals surface area contributed by atoms with E-state index in [-0.39, 0.29) is 0 Å². The van der Waals surface area contributed by atoms with Crippen LogP contribution in [0.3, 0.4) is 0 Å². The molecule has 0 saturated carbocycles. The van der Waals surface area contributed by atoms with E-state index in [9.17, 15) is 0 Å². The van der Waals surface area contributed by atoms with Crippen LogP contribution in [-0.4, -0.2) is 23.6 Å². The van der Waals surface area contributed by atoms with Gasteiger partial charge in [0.2, 0.25) is 0 Å². The molecule has 1 unspecified atom stereocenters. The Bertz CT molecular complexity index is 334. The molecule has 0 aliphatic carbocycles. The summed E-state index contributed by atoms with van der Waals surface area (Å²) in [7, 11) is 0. The van der Waals surface area contributed by atoms with Gasteiger partial charge in [0.25, 0.3) is 0 Å². The first-order valence-corrected chi connectivity index (χ1v) is 6.62. The quantitative estimate of drug-likeness (QED) is 0.850. The van der Waals surface area contributed by atoms with Gasteiger partial charge in [-0.1, -0.05) is 0 Å². The highest BCUT2D eigenvalue weighted by Crippen LogP contribution is 2.25. The molecule has 2 heterocycles. The Morgan fingerprint density at radius 1 is 1.56 bits per heavy atom. The number of rotatable bonds is 4. The van der Waals surface area contributed by atoms with Crippen LogP contribution in [0, 0.1) is 6.92 Å². The monoisotopic (exact) mass is 241 g/mol. The second kappa shape index (κ2) is 5.50. The van der Waals surface area contributed by atoms with Crippen molar-refractivity contribution in [2.24, 2.45) is 0 Å². The molecule has 16 heavy (non-hydrogen) atoms. The molecule has 0 amide bonds. The third-order valence-electron chi connectivity index (χ3n) is 2.99. The molecule has 5 heteroatoms. The van der Waals surface area contributed by atoms with Crippen LogP contribution in [-0.2, 0) is 4.74 Å². The highest BCUT2D eigenvalue weighted by Gasteiger charge is 2.13. The van der Waals surface area contributed by atoms with Gasteiger partial charge in [-0.25, -0.2) is 0 Å². The van der Waals surface area contributed by atoms with Crippen molar-refractivity contribution >= 4 is 22.4 Å². The van der Waals surface area contributed by atoms with Crippen molar-refractivity contribution < 1.29 is 4.74 Å². The second-order valence-electron chi connectivity index (χ2n) is 4.23. The summed E-state index contributed by atoms with van der Waals surface area (Å²) in [6.07, 6.45) is 5.22. The molecular weight excluding hydrogens is 222 g/mol. The van der Waals surface area contributed by atoms with Gasteiger partial charge in [-0.15, -0.1) is 0 Å². The Balaban J connectivity index is 1.73. The van der Waals surface area contributed by atoms with Gasteiger partial charge in [0.1, 0.15) is 10.8 Å². The molecule has 1 atom stereocenters. The number of nitrogens with one attached hydrogen (secondary N) is 1. The van der Waals surface area contributed by atoms with Gasteiger partial charge >= 0.3 is 0 Å². The Morgan fingerprint density at radius 3 is 3.06 bits per heavy atom. The summed E-state index contributed by atoms with van der Waals surface area (Å²) in [6, 6.07) is 0. The molecular formula is C11H19N3OS. The Morgan fingerprint density at radius 2 is 2.44 bits per heavy atom. The van der Waals surface area contributed by atoms with Crippen molar-refractivity contribution in [3.05, 3.63) is 5.56 Å². The predicted molar refractivity (Wildman–Crippen MR) is 68.0 cm³/mol. The van der Waals surface area contributed by atoms with E-state index in [1.807, 2.05) is 6.92 Å². The molecule has 0 radical (unpaired) electrons. The van der Waals surface area contributed by atoms with E-state index in [0.29, 0.717) is 11.9 Å². The zero-order valence-electron chi connectivity index (χ0n) is 9.66. The van der Waals surface area contributed by atoms with Crippen LogP contribution in [0.2, 0.25) is 0 Å². The van der Waals surface area contributed by atoms with E-state index < -0.39 is 0 Å². The normalized spacial score (nSPS) is 20.9. The van der Waals surface area contributed by atoms with Crippen LogP contribution in [0.1, 0.15) is 31.2 Å². The number of nitrogen functional groups attached to an aromatic ring is 1. The first-order chi connectivity index (χ1) is 7.77. The summed E-state index contributed by atoms with van der Waals surface area (Å²) in [4.78, 5) is 0. The summed E-state index contributed by atoms with van der Waals surface area (Å²) in [5, 5.41) is 4.47. The number of hydrogen-bond acceptors (Lipinski definition) is 5. The summed E-state index contributed by atoms with van der Waals surface area (Å²) in [5.74, 6) is 0.640. The first kappa shape index (κ1) is 11.7. The molecule has 90 valence electrons. The second-order valence-corrected chi connectivity index (χ2v) is 5.00. The molecule has 3 N–H and O–H groups in total. The minimum absolute atomic E-state index is 0.437. The number of ether oxygens (including phenoxy) is 1. The maximum atomic E-state index is 5.69. The number of hydrogen-bond donors (Lipinski definition) is 2. The molecule has 0 spiro atoms. The summed E-state index contributed by atoms with van der Waals surface area (Å²) in [6.45, 7) is 3.86. The number of aromatic nitrogens is 1. The van der Waals surface area contributed by atoms with Crippen molar-refractivity contribution in [3.63, 3.8) is 0 Å². The fourth-order valence-electron chi connectivity index (χ4n) is 1.89. The van der Waals surface area contributed by atoms with Gasteiger partial charge in [-0.2, -0.15) is 4.37 Å². The topological polar surface area (TPSA) is 60.2 Å². The van der Waals surface area contributed by atoms with Gasteiger partial charge < -0.3 is 15.8 Å². The van der Waals surface area contributed by atoms with Gasteiger partial charge in [-0.05, 0) is 44.1 Å². The standard InChI is InChI=1S/C11H19N3OS/c1-8-10(12)14-16-11(8)13-6-5-9-4-2-3-7-15-9/h9,13H,2-7H2,1H3,(H2,12,14). The third kappa shape index (κ3) is 2.86. The minimum atomic E-state index is 0.437. The summed E-state index contributed by atoms with van der Waals surface area (Å²) >= 11 is 1.44. The average Bonchev–Trinajstić information content (AvgIpc) is 2.62. The summed E-state index contributed by atoms with van der Waals surface area (Å²) in [5.41, 5.74) is 6.75. The highest BCUT2D eigenvalue weighted by molar-refractivity contribution is 7.10. The zero-order valence-corrected chi connectivity index (χ0v) is 10.5. The lowest BCUT2D eigenvalue weighted by atomic mass is 10.1. The highest BCUT2D eigenvalue weighted by atomic mass is 32.1. The van der Waals surface area contributed by atoms with E-state index in [1.54, 1.807) is 0 Å². The van der Waals surface area contributed by atoms with Crippen LogP contribution in [0.25, 0.3) is 0 Å². The van der Waals surface area contributed by atoms with Crippen molar-refractivity contribution in [3.8, 4) is 0 Å². The van der Waals surface area contributed by atoms with E-state index in [0.717, 1.165) is 30.1 Å². The van der Waals surface area contributed by atoms with Crippen LogP contribution in [0.4, 0.5) is 10.8 Å². The number of anilines is 2. The molecule has 0 bridgehead atoms. The SMILES string of the molecule is Cc1c(N)nsc1NCCC1CCCCO1. The molecule has 1 aromatic rings. The number of nitrogens with zero attached hydrogens (tertiary/aromatic N) is 1. The van der Waals surface area contributed by atoms with Crippen molar-refractivity contribution in [1.29, 1.82) is 0 Å². The molecule has 2 rings (SSSR count). The smallest absolute Gasteiger partial charge is 0.142 e. The summed E-state index contributed by atoms with van der Waals surface area (Å²) < 4.78 is 9.78. The van der Waals surface area contributed by atoms with Gasteiger partial charge in [0.15, 0.2) is 0 Å². The maximum Gasteiger partial charge on any atom is 0.142 e. The third-order valence-corrected chi connectivity index (χ3v) is 3.91. The van der Waals surface area contributed by atoms with Crippen molar-refractivity contribution in [2.45, 2.75) is 38.7 Å². The van der Waals surface area contributed by atoms with Gasteiger partial charge in [0, 0.05) is 18.7 Å². The molecule has 0 aromatic carbocycles. The van der Waals surface area contributed by atoms with E-state index in [4.69, 9.17) is 10.5 Å². The zero-order chi connectivity index (χ0) is 11.4. The van der Waals surface area contributed by atoms with Crippen LogP contribution >= 0.6 is 11.5 Å².